The van der Waals surface area contributed by atoms with Crippen LogP contribution in [0.1, 0.15) is 114 Å². The molecule has 1 heterocycles. The van der Waals surface area contributed by atoms with Gasteiger partial charge in [-0.2, -0.15) is 0 Å². The van der Waals surface area contributed by atoms with Gasteiger partial charge in [-0.3, -0.25) is 4.90 Å². The highest BCUT2D eigenvalue weighted by Gasteiger charge is 2.23. The molecular weight excluding hydrogens is 584 g/mol. The van der Waals surface area contributed by atoms with Crippen LogP contribution in [-0.4, -0.2) is 39.7 Å². The highest BCUT2D eigenvalue weighted by Crippen LogP contribution is 2.29. The topological polar surface area (TPSA) is 76.5 Å². The molecule has 250 valence electrons. The Kier molecular flexibility index (Phi) is 11.4. The Morgan fingerprint density at radius 1 is 0.936 bits per heavy atom. The fourth-order valence-corrected chi connectivity index (χ4v) is 6.41. The number of carbonyl (C=O) groups is 2. The van der Waals surface area contributed by atoms with E-state index in [0.29, 0.717) is 18.7 Å². The van der Waals surface area contributed by atoms with E-state index >= 15 is 0 Å². The van der Waals surface area contributed by atoms with Gasteiger partial charge in [0.05, 0.1) is 16.6 Å². The maximum atomic E-state index is 13.6. The maximum absolute atomic E-state index is 13.6. The fourth-order valence-electron chi connectivity index (χ4n) is 6.41. The van der Waals surface area contributed by atoms with E-state index < -0.39 is 5.60 Å². The standard InChI is InChI=1S/C40H52N4O3/c1-6-8-19-37-42-35-25-24-32(43(26-9-7-2)39(46)41-31-15-11-10-12-16-31)27-36(35)44(37)28-29-20-22-30(23-21-29)33-17-13-14-18-34(33)38(45)47-40(3,4)5/h13-14,17-18,20-25,27,31H,6-12,15-16,19,26,28H2,1-5H3,(H,41,46). The predicted octanol–water partition coefficient (Wildman–Crippen LogP) is 9.70. The molecule has 0 atom stereocenters. The number of nitrogens with zero attached hydrogens (tertiary/aromatic N) is 3. The van der Waals surface area contributed by atoms with Gasteiger partial charge < -0.3 is 14.6 Å². The number of rotatable bonds is 12. The quantitative estimate of drug-likeness (QED) is 0.157. The number of unbranched alkanes of at least 4 members (excludes halogenated alkanes) is 2. The third kappa shape index (κ3) is 8.82. The molecule has 1 aromatic heterocycles. The molecule has 1 aliphatic rings. The molecule has 0 unspecified atom stereocenters. The number of benzene rings is 3. The lowest BCUT2D eigenvalue weighted by Crippen LogP contribution is -2.46. The molecule has 4 aromatic rings. The Morgan fingerprint density at radius 2 is 1.66 bits per heavy atom. The smallest absolute Gasteiger partial charge is 0.339 e. The number of ether oxygens (including phenoxy) is 1. The molecule has 2 amide bonds. The van der Waals surface area contributed by atoms with Crippen LogP contribution in [0, 0.1) is 0 Å². The van der Waals surface area contributed by atoms with Gasteiger partial charge >= 0.3 is 12.0 Å². The lowest BCUT2D eigenvalue weighted by molar-refractivity contribution is 0.00704. The van der Waals surface area contributed by atoms with Gasteiger partial charge in [0.25, 0.3) is 0 Å². The second-order valence-electron chi connectivity index (χ2n) is 13.9. The van der Waals surface area contributed by atoms with Crippen molar-refractivity contribution in [1.82, 2.24) is 14.9 Å². The summed E-state index contributed by atoms with van der Waals surface area (Å²) in [7, 11) is 0. The first kappa shape index (κ1) is 34.2. The molecule has 1 N–H and O–H groups in total. The van der Waals surface area contributed by atoms with Gasteiger partial charge in [0.1, 0.15) is 11.4 Å². The Bertz CT molecular complexity index is 1640. The Balaban J connectivity index is 1.44. The SMILES string of the molecule is CCCCc1nc2ccc(N(CCCC)C(=O)NC3CCCCC3)cc2n1Cc1ccc(-c2ccccc2C(=O)OC(C)(C)C)cc1. The number of imidazole rings is 1. The molecule has 0 spiro atoms. The van der Waals surface area contributed by atoms with Crippen LogP contribution in [0.15, 0.2) is 66.7 Å². The molecule has 1 fully saturated rings. The van der Waals surface area contributed by atoms with E-state index in [-0.39, 0.29) is 18.0 Å². The maximum Gasteiger partial charge on any atom is 0.339 e. The van der Waals surface area contributed by atoms with Crippen molar-refractivity contribution in [3.8, 4) is 11.1 Å². The lowest BCUT2D eigenvalue weighted by Gasteiger charge is -2.28. The van der Waals surface area contributed by atoms with Crippen molar-refractivity contribution in [2.24, 2.45) is 0 Å². The van der Waals surface area contributed by atoms with Crippen LogP contribution in [0.3, 0.4) is 0 Å². The Morgan fingerprint density at radius 3 is 2.36 bits per heavy atom. The van der Waals surface area contributed by atoms with Crippen LogP contribution in [0.2, 0.25) is 0 Å². The summed E-state index contributed by atoms with van der Waals surface area (Å²) in [6, 6.07) is 22.6. The largest absolute Gasteiger partial charge is 0.456 e. The molecule has 0 aliphatic heterocycles. The number of hydrogen-bond acceptors (Lipinski definition) is 4. The van der Waals surface area contributed by atoms with Crippen LogP contribution in [0.5, 0.6) is 0 Å². The molecule has 3 aromatic carbocycles. The van der Waals surface area contributed by atoms with Crippen molar-refractivity contribution in [3.63, 3.8) is 0 Å². The van der Waals surface area contributed by atoms with Crippen molar-refractivity contribution >= 4 is 28.7 Å². The number of aromatic nitrogens is 2. The molecule has 1 saturated carbocycles. The van der Waals surface area contributed by atoms with Crippen molar-refractivity contribution in [1.29, 1.82) is 0 Å². The molecule has 0 saturated heterocycles. The van der Waals surface area contributed by atoms with E-state index in [9.17, 15) is 9.59 Å². The fraction of sp³-hybridized carbons (Fsp3) is 0.475. The number of urea groups is 1. The summed E-state index contributed by atoms with van der Waals surface area (Å²) in [5.41, 5.74) is 5.86. The number of nitrogens with one attached hydrogen (secondary N) is 1. The highest BCUT2D eigenvalue weighted by molar-refractivity contribution is 5.97. The second-order valence-corrected chi connectivity index (χ2v) is 13.9. The average Bonchev–Trinajstić information content (AvgIpc) is 3.40. The number of esters is 1. The van der Waals surface area contributed by atoms with Crippen LogP contribution in [0.4, 0.5) is 10.5 Å². The van der Waals surface area contributed by atoms with Gasteiger partial charge in [-0.15, -0.1) is 0 Å². The van der Waals surface area contributed by atoms with E-state index in [1.54, 1.807) is 0 Å². The zero-order chi connectivity index (χ0) is 33.4. The molecule has 0 bridgehead atoms. The zero-order valence-corrected chi connectivity index (χ0v) is 29.0. The molecule has 0 radical (unpaired) electrons. The minimum Gasteiger partial charge on any atom is -0.456 e. The van der Waals surface area contributed by atoms with Gasteiger partial charge in [-0.05, 0) is 87.4 Å². The lowest BCUT2D eigenvalue weighted by atomic mass is 9.96. The summed E-state index contributed by atoms with van der Waals surface area (Å²) in [6.07, 6.45) is 10.8. The Labute approximate surface area is 280 Å². The molecule has 7 heteroatoms. The summed E-state index contributed by atoms with van der Waals surface area (Å²) in [4.78, 5) is 33.6. The summed E-state index contributed by atoms with van der Waals surface area (Å²) < 4.78 is 8.00. The van der Waals surface area contributed by atoms with Crippen molar-refractivity contribution in [3.05, 3.63) is 83.7 Å². The van der Waals surface area contributed by atoms with Crippen LogP contribution in [0.25, 0.3) is 22.2 Å². The second kappa shape index (κ2) is 15.6. The van der Waals surface area contributed by atoms with E-state index in [1.165, 1.54) is 19.3 Å². The number of fused-ring (bicyclic) bond motifs is 1. The monoisotopic (exact) mass is 636 g/mol. The number of anilines is 1. The van der Waals surface area contributed by atoms with Gasteiger partial charge in [-0.25, -0.2) is 14.6 Å². The predicted molar refractivity (Wildman–Crippen MR) is 192 cm³/mol. The summed E-state index contributed by atoms with van der Waals surface area (Å²) in [5, 5.41) is 3.34. The minimum atomic E-state index is -0.566. The summed E-state index contributed by atoms with van der Waals surface area (Å²) in [5.74, 6) is 0.740. The first-order valence-corrected chi connectivity index (χ1v) is 17.7. The van der Waals surface area contributed by atoms with E-state index in [0.717, 1.165) is 84.2 Å². The van der Waals surface area contributed by atoms with Gasteiger partial charge in [0, 0.05) is 31.2 Å². The van der Waals surface area contributed by atoms with Gasteiger partial charge in [0.15, 0.2) is 0 Å². The number of aryl methyl sites for hydroxylation is 1. The molecule has 47 heavy (non-hydrogen) atoms. The van der Waals surface area contributed by atoms with Crippen molar-refractivity contribution in [2.45, 2.75) is 117 Å². The van der Waals surface area contributed by atoms with E-state index in [4.69, 9.17) is 9.72 Å². The number of hydrogen-bond donors (Lipinski definition) is 1. The Hall–Kier alpha value is -4.13. The van der Waals surface area contributed by atoms with Crippen LogP contribution >= 0.6 is 0 Å². The normalized spacial score (nSPS) is 13.9. The third-order valence-electron chi connectivity index (χ3n) is 8.94. The van der Waals surface area contributed by atoms with Gasteiger partial charge in [0.2, 0.25) is 0 Å². The van der Waals surface area contributed by atoms with Crippen LogP contribution in [-0.2, 0) is 17.7 Å². The summed E-state index contributed by atoms with van der Waals surface area (Å²) >= 11 is 0. The molecule has 7 nitrogen and oxygen atoms in total. The van der Waals surface area contributed by atoms with Gasteiger partial charge in [-0.1, -0.05) is 88.4 Å². The zero-order valence-electron chi connectivity index (χ0n) is 29.0. The molecular formula is C40H52N4O3. The third-order valence-corrected chi connectivity index (χ3v) is 8.94. The van der Waals surface area contributed by atoms with Crippen LogP contribution < -0.4 is 10.2 Å². The minimum absolute atomic E-state index is 0.00391. The van der Waals surface area contributed by atoms with E-state index in [2.05, 4.69) is 66.2 Å². The first-order chi connectivity index (χ1) is 22.7. The van der Waals surface area contributed by atoms with Crippen molar-refractivity contribution in [2.75, 3.05) is 11.4 Å². The van der Waals surface area contributed by atoms with E-state index in [1.807, 2.05) is 49.9 Å². The first-order valence-electron chi connectivity index (χ1n) is 17.7. The van der Waals surface area contributed by atoms with Crippen molar-refractivity contribution < 1.29 is 14.3 Å². The number of carbonyl (C=O) groups excluding carboxylic acids is 2. The molecule has 5 rings (SSSR count). The number of amides is 2. The average molecular weight is 637 g/mol. The summed E-state index contributed by atoms with van der Waals surface area (Å²) in [6.45, 7) is 11.4. The molecule has 1 aliphatic carbocycles. The highest BCUT2D eigenvalue weighted by atomic mass is 16.6.